The highest BCUT2D eigenvalue weighted by molar-refractivity contribution is 7.90. The molecule has 0 radical (unpaired) electrons. The lowest BCUT2D eigenvalue weighted by Crippen LogP contribution is -2.48. The summed E-state index contributed by atoms with van der Waals surface area (Å²) < 4.78 is 27.7. The number of hydrogen-bond acceptors (Lipinski definition) is 7. The van der Waals surface area contributed by atoms with Crippen molar-refractivity contribution in [1.29, 1.82) is 0 Å². The second kappa shape index (κ2) is 6.85. The Balaban J connectivity index is 1.83. The van der Waals surface area contributed by atoms with E-state index < -0.39 is 9.84 Å². The second-order valence-electron chi connectivity index (χ2n) is 5.59. The zero-order chi connectivity index (χ0) is 15.5. The Morgan fingerprint density at radius 3 is 2.48 bits per heavy atom. The first-order chi connectivity index (χ1) is 9.89. The molecule has 7 nitrogen and oxygen atoms in total. The van der Waals surface area contributed by atoms with Gasteiger partial charge in [-0.15, -0.1) is 0 Å². The highest BCUT2D eigenvalue weighted by Gasteiger charge is 2.25. The Morgan fingerprint density at radius 2 is 1.95 bits per heavy atom. The van der Waals surface area contributed by atoms with Gasteiger partial charge in [0.05, 0.1) is 11.8 Å². The van der Waals surface area contributed by atoms with E-state index in [0.29, 0.717) is 12.4 Å². The van der Waals surface area contributed by atoms with Crippen LogP contribution in [0.3, 0.4) is 0 Å². The van der Waals surface area contributed by atoms with Crippen molar-refractivity contribution in [3.8, 4) is 0 Å². The number of rotatable bonds is 6. The third-order valence-electron chi connectivity index (χ3n) is 3.89. The van der Waals surface area contributed by atoms with Gasteiger partial charge in [0.15, 0.2) is 5.82 Å². The SMILES string of the molecule is CCc1noc(C(C)N2CCN(CCS(C)(=O)=O)CC2)n1. The summed E-state index contributed by atoms with van der Waals surface area (Å²) in [5.74, 6) is 1.63. The predicted octanol–water partition coefficient (Wildman–Crippen LogP) is 0.355. The molecule has 120 valence electrons. The van der Waals surface area contributed by atoms with Gasteiger partial charge >= 0.3 is 0 Å². The molecule has 0 amide bonds. The highest BCUT2D eigenvalue weighted by atomic mass is 32.2. The van der Waals surface area contributed by atoms with Gasteiger partial charge in [-0.05, 0) is 6.92 Å². The van der Waals surface area contributed by atoms with Crippen LogP contribution in [0.15, 0.2) is 4.52 Å². The normalized spacial score (nSPS) is 19.8. The Labute approximate surface area is 126 Å². The van der Waals surface area contributed by atoms with Crippen molar-refractivity contribution < 1.29 is 12.9 Å². The zero-order valence-electron chi connectivity index (χ0n) is 12.9. The van der Waals surface area contributed by atoms with Crippen molar-refractivity contribution >= 4 is 9.84 Å². The van der Waals surface area contributed by atoms with E-state index in [1.807, 2.05) is 6.92 Å². The largest absolute Gasteiger partial charge is 0.338 e. The molecule has 1 aromatic rings. The molecule has 1 fully saturated rings. The summed E-state index contributed by atoms with van der Waals surface area (Å²) in [6.45, 7) is 8.19. The smallest absolute Gasteiger partial charge is 0.243 e. The van der Waals surface area contributed by atoms with E-state index in [1.54, 1.807) is 0 Å². The van der Waals surface area contributed by atoms with Crippen LogP contribution >= 0.6 is 0 Å². The Kier molecular flexibility index (Phi) is 5.34. The third kappa shape index (κ3) is 4.76. The molecule has 0 spiro atoms. The molecule has 0 bridgehead atoms. The molecule has 21 heavy (non-hydrogen) atoms. The predicted molar refractivity (Wildman–Crippen MR) is 79.8 cm³/mol. The van der Waals surface area contributed by atoms with E-state index in [4.69, 9.17) is 4.52 Å². The van der Waals surface area contributed by atoms with Gasteiger partial charge in [0.1, 0.15) is 9.84 Å². The van der Waals surface area contributed by atoms with Gasteiger partial charge in [-0.1, -0.05) is 12.1 Å². The fourth-order valence-corrected chi connectivity index (χ4v) is 3.00. The number of sulfone groups is 1. The average molecular weight is 316 g/mol. The molecule has 0 N–H and O–H groups in total. The molecule has 1 unspecified atom stereocenters. The zero-order valence-corrected chi connectivity index (χ0v) is 13.8. The van der Waals surface area contributed by atoms with Crippen molar-refractivity contribution in [2.45, 2.75) is 26.3 Å². The molecule has 1 aliphatic rings. The van der Waals surface area contributed by atoms with Gasteiger partial charge in [0, 0.05) is 45.4 Å². The van der Waals surface area contributed by atoms with Gasteiger partial charge < -0.3 is 4.52 Å². The molecule has 2 rings (SSSR count). The van der Waals surface area contributed by atoms with Crippen LogP contribution in [0.5, 0.6) is 0 Å². The minimum absolute atomic E-state index is 0.106. The van der Waals surface area contributed by atoms with Crippen molar-refractivity contribution in [1.82, 2.24) is 19.9 Å². The summed E-state index contributed by atoms with van der Waals surface area (Å²) in [6.07, 6.45) is 2.06. The van der Waals surface area contributed by atoms with E-state index in [1.165, 1.54) is 6.26 Å². The number of aromatic nitrogens is 2. The first kappa shape index (κ1) is 16.4. The Morgan fingerprint density at radius 1 is 1.29 bits per heavy atom. The maximum Gasteiger partial charge on any atom is 0.243 e. The van der Waals surface area contributed by atoms with Gasteiger partial charge in [-0.3, -0.25) is 9.80 Å². The summed E-state index contributed by atoms with van der Waals surface area (Å²) in [7, 11) is -2.89. The van der Waals surface area contributed by atoms with Crippen molar-refractivity contribution in [2.24, 2.45) is 0 Å². The van der Waals surface area contributed by atoms with Gasteiger partial charge in [0.25, 0.3) is 0 Å². The van der Waals surface area contributed by atoms with E-state index in [-0.39, 0.29) is 11.8 Å². The van der Waals surface area contributed by atoms with E-state index >= 15 is 0 Å². The molecule has 0 saturated carbocycles. The van der Waals surface area contributed by atoms with Crippen molar-refractivity contribution in [2.75, 3.05) is 44.7 Å². The average Bonchev–Trinajstić information content (AvgIpc) is 2.93. The van der Waals surface area contributed by atoms with Gasteiger partial charge in [-0.25, -0.2) is 8.42 Å². The van der Waals surface area contributed by atoms with Crippen LogP contribution in [0, 0.1) is 0 Å². The quantitative estimate of drug-likeness (QED) is 0.749. The van der Waals surface area contributed by atoms with Crippen molar-refractivity contribution in [3.63, 3.8) is 0 Å². The number of hydrogen-bond donors (Lipinski definition) is 0. The minimum atomic E-state index is -2.89. The van der Waals surface area contributed by atoms with Crippen LogP contribution in [0.2, 0.25) is 0 Å². The summed E-state index contributed by atoms with van der Waals surface area (Å²) in [4.78, 5) is 8.86. The number of piperazine rings is 1. The maximum absolute atomic E-state index is 11.2. The molecule has 1 atom stereocenters. The second-order valence-corrected chi connectivity index (χ2v) is 7.85. The molecule has 2 heterocycles. The first-order valence-electron chi connectivity index (χ1n) is 7.35. The van der Waals surface area contributed by atoms with Crippen molar-refractivity contribution in [3.05, 3.63) is 11.7 Å². The van der Waals surface area contributed by atoms with Crippen LogP contribution < -0.4 is 0 Å². The van der Waals surface area contributed by atoms with Crippen LogP contribution in [-0.2, 0) is 16.3 Å². The summed E-state index contributed by atoms with van der Waals surface area (Å²) in [5.41, 5.74) is 0. The number of nitrogens with zero attached hydrogens (tertiary/aromatic N) is 4. The summed E-state index contributed by atoms with van der Waals surface area (Å²) >= 11 is 0. The van der Waals surface area contributed by atoms with Crippen LogP contribution in [0.25, 0.3) is 0 Å². The van der Waals surface area contributed by atoms with Gasteiger partial charge in [0.2, 0.25) is 5.89 Å². The van der Waals surface area contributed by atoms with Gasteiger partial charge in [-0.2, -0.15) is 4.98 Å². The molecular weight excluding hydrogens is 292 g/mol. The standard InChI is InChI=1S/C13H24N4O3S/c1-4-12-14-13(20-15-12)11(2)17-7-5-16(6-8-17)9-10-21(3,18)19/h11H,4-10H2,1-3H3. The van der Waals surface area contributed by atoms with E-state index in [0.717, 1.165) is 38.4 Å². The topological polar surface area (TPSA) is 79.5 Å². The molecular formula is C13H24N4O3S. The summed E-state index contributed by atoms with van der Waals surface area (Å²) in [6, 6.07) is 0.106. The molecule has 1 aliphatic heterocycles. The van der Waals surface area contributed by atoms with Crippen LogP contribution in [-0.4, -0.2) is 73.1 Å². The minimum Gasteiger partial charge on any atom is -0.338 e. The van der Waals surface area contributed by atoms with E-state index in [2.05, 4.69) is 26.9 Å². The lowest BCUT2D eigenvalue weighted by Gasteiger charge is -2.36. The monoisotopic (exact) mass is 316 g/mol. The molecule has 1 aromatic heterocycles. The lowest BCUT2D eigenvalue weighted by molar-refractivity contribution is 0.0917. The molecule has 8 heteroatoms. The molecule has 0 aromatic carbocycles. The Hall–Kier alpha value is -0.990. The first-order valence-corrected chi connectivity index (χ1v) is 9.41. The Bertz CT molecular complexity index is 550. The van der Waals surface area contributed by atoms with Crippen LogP contribution in [0.4, 0.5) is 0 Å². The third-order valence-corrected chi connectivity index (χ3v) is 4.81. The van der Waals surface area contributed by atoms with E-state index in [9.17, 15) is 8.42 Å². The molecule has 1 saturated heterocycles. The lowest BCUT2D eigenvalue weighted by atomic mass is 10.2. The fourth-order valence-electron chi connectivity index (χ4n) is 2.41. The molecule has 0 aliphatic carbocycles. The summed E-state index contributed by atoms with van der Waals surface area (Å²) in [5, 5.41) is 3.93. The maximum atomic E-state index is 11.2. The number of aryl methyl sites for hydroxylation is 1. The van der Waals surface area contributed by atoms with Crippen LogP contribution in [0.1, 0.15) is 31.6 Å². The fraction of sp³-hybridized carbons (Fsp3) is 0.846. The highest BCUT2D eigenvalue weighted by Crippen LogP contribution is 2.20.